The van der Waals surface area contributed by atoms with Crippen LogP contribution in [-0.2, 0) is 23.1 Å². The maximum Gasteiger partial charge on any atom is 0.251 e. The molecule has 45 heavy (non-hydrogen) atoms. The number of nitrogens with one attached hydrogen (secondary N) is 4. The number of aromatic amines is 1. The minimum Gasteiger partial charge on any atom is -0.355 e. The van der Waals surface area contributed by atoms with Crippen molar-refractivity contribution < 1.29 is 14.4 Å². The van der Waals surface area contributed by atoms with Crippen LogP contribution in [0, 0.1) is 23.2 Å². The minimum atomic E-state index is -0.900. The summed E-state index contributed by atoms with van der Waals surface area (Å²) in [7, 11) is 3.22. The zero-order valence-corrected chi connectivity index (χ0v) is 26.1. The fourth-order valence-electron chi connectivity index (χ4n) is 7.44. The number of likely N-dealkylation sites (tertiary alicyclic amines) is 1. The Morgan fingerprint density at radius 1 is 1.02 bits per heavy atom. The maximum atomic E-state index is 13.5. The monoisotopic (exact) mass is 609 g/mol. The molecule has 1 unspecified atom stereocenters. The lowest BCUT2D eigenvalue weighted by Gasteiger charge is -2.39. The second-order valence-electron chi connectivity index (χ2n) is 12.7. The van der Waals surface area contributed by atoms with E-state index in [0.717, 1.165) is 35.1 Å². The second-order valence-corrected chi connectivity index (χ2v) is 12.7. The molecular formula is C33H39N9O3. The van der Waals surface area contributed by atoms with E-state index in [1.54, 1.807) is 19.0 Å². The third-order valence-electron chi connectivity index (χ3n) is 9.91. The fourth-order valence-corrected chi connectivity index (χ4v) is 7.44. The zero-order chi connectivity index (χ0) is 31.9. The lowest BCUT2D eigenvalue weighted by atomic mass is 9.66. The Morgan fingerprint density at radius 3 is 2.16 bits per heavy atom. The van der Waals surface area contributed by atoms with Gasteiger partial charge in [0, 0.05) is 37.3 Å². The number of nitriles is 1. The number of carbonyl (C=O) groups excluding carboxylic acids is 3. The van der Waals surface area contributed by atoms with E-state index in [1.807, 2.05) is 36.4 Å². The van der Waals surface area contributed by atoms with Gasteiger partial charge in [-0.3, -0.25) is 14.4 Å². The van der Waals surface area contributed by atoms with E-state index >= 15 is 0 Å². The van der Waals surface area contributed by atoms with Gasteiger partial charge in [-0.05, 0) is 101 Å². The summed E-state index contributed by atoms with van der Waals surface area (Å²) < 4.78 is 0. The van der Waals surface area contributed by atoms with E-state index in [-0.39, 0.29) is 48.3 Å². The molecular weight excluding hydrogens is 570 g/mol. The summed E-state index contributed by atoms with van der Waals surface area (Å²) >= 11 is 0. The number of amides is 3. The second kappa shape index (κ2) is 12.0. The number of aryl methyl sites for hydroxylation is 2. The zero-order valence-electron chi connectivity index (χ0n) is 26.1. The van der Waals surface area contributed by atoms with Crippen LogP contribution >= 0.6 is 0 Å². The van der Waals surface area contributed by atoms with Crippen molar-refractivity contribution >= 4 is 17.7 Å². The molecule has 4 atom stereocenters. The number of H-pyrrole nitrogens is 1. The molecule has 3 aliphatic rings. The number of benzene rings is 2. The average molecular weight is 610 g/mol. The molecule has 0 spiro atoms. The van der Waals surface area contributed by atoms with E-state index in [2.05, 4.69) is 56.5 Å². The number of aromatic nitrogens is 4. The van der Waals surface area contributed by atoms with Crippen molar-refractivity contribution in [3.05, 3.63) is 75.6 Å². The van der Waals surface area contributed by atoms with E-state index in [0.29, 0.717) is 42.1 Å². The van der Waals surface area contributed by atoms with Crippen LogP contribution in [0.15, 0.2) is 36.4 Å². The predicted octanol–water partition coefficient (Wildman–Crippen LogP) is 1.87. The van der Waals surface area contributed by atoms with Crippen molar-refractivity contribution in [2.75, 3.05) is 20.6 Å². The van der Waals surface area contributed by atoms with Gasteiger partial charge in [-0.2, -0.15) is 5.26 Å². The highest BCUT2D eigenvalue weighted by molar-refractivity contribution is 5.95. The summed E-state index contributed by atoms with van der Waals surface area (Å²) in [4.78, 5) is 40.6. The van der Waals surface area contributed by atoms with Crippen LogP contribution in [0.4, 0.5) is 0 Å². The quantitative estimate of drug-likeness (QED) is 0.285. The van der Waals surface area contributed by atoms with Crippen LogP contribution in [-0.4, -0.2) is 82.0 Å². The molecule has 6 rings (SSSR count). The highest BCUT2D eigenvalue weighted by Crippen LogP contribution is 2.49. The summed E-state index contributed by atoms with van der Waals surface area (Å²) in [6, 6.07) is 13.4. The Morgan fingerprint density at radius 2 is 1.64 bits per heavy atom. The summed E-state index contributed by atoms with van der Waals surface area (Å²) in [5, 5.41) is 34.2. The van der Waals surface area contributed by atoms with Gasteiger partial charge in [-0.1, -0.05) is 26.0 Å². The lowest BCUT2D eigenvalue weighted by molar-refractivity contribution is -0.131. The molecule has 12 heteroatoms. The van der Waals surface area contributed by atoms with Crippen LogP contribution in [0.25, 0.3) is 0 Å². The number of piperidine rings is 1. The molecule has 2 aliphatic carbocycles. The van der Waals surface area contributed by atoms with E-state index in [4.69, 9.17) is 0 Å². The number of hydrogen-bond donors (Lipinski definition) is 4. The van der Waals surface area contributed by atoms with Crippen molar-refractivity contribution in [3.63, 3.8) is 0 Å². The Balaban J connectivity index is 1.45. The first-order chi connectivity index (χ1) is 21.7. The Kier molecular flexibility index (Phi) is 8.14. The van der Waals surface area contributed by atoms with Crippen LogP contribution < -0.4 is 16.0 Å². The summed E-state index contributed by atoms with van der Waals surface area (Å²) in [6.45, 7) is 4.34. The molecule has 2 fully saturated rings. The normalized spacial score (nSPS) is 21.5. The van der Waals surface area contributed by atoms with Gasteiger partial charge >= 0.3 is 0 Å². The number of hydrogen-bond acceptors (Lipinski definition) is 8. The summed E-state index contributed by atoms with van der Waals surface area (Å²) in [5.74, 6) is 0.680. The van der Waals surface area contributed by atoms with Gasteiger partial charge in [0.1, 0.15) is 6.04 Å². The van der Waals surface area contributed by atoms with E-state index in [9.17, 15) is 19.6 Å². The number of fused-ring (bicyclic) bond motifs is 3. The van der Waals surface area contributed by atoms with Gasteiger partial charge in [0.2, 0.25) is 5.91 Å². The molecule has 1 saturated heterocycles. The summed E-state index contributed by atoms with van der Waals surface area (Å²) in [6.07, 6.45) is 3.49. The Hall–Kier alpha value is -4.63. The Bertz CT molecular complexity index is 1590. The molecule has 0 bridgehead atoms. The van der Waals surface area contributed by atoms with Gasteiger partial charge in [0.25, 0.3) is 11.8 Å². The topological polar surface area (TPSA) is 169 Å². The van der Waals surface area contributed by atoms with Gasteiger partial charge in [0.05, 0.1) is 18.0 Å². The van der Waals surface area contributed by atoms with Crippen molar-refractivity contribution in [3.8, 4) is 6.07 Å². The SMILES string of the molecule is CNC(=O)c1ccc2c(c1)CCc1cc(C(=O)NC)ccc1C2(C[C@@H](NCC(=O)N1C(C#N)C[C@@H]2C[C@@H]21)C(C)C)c1nnn[nH]1. The molecule has 2 heterocycles. The highest BCUT2D eigenvalue weighted by Gasteiger charge is 2.54. The lowest BCUT2D eigenvalue weighted by Crippen LogP contribution is -2.49. The van der Waals surface area contributed by atoms with Gasteiger partial charge < -0.3 is 20.9 Å². The van der Waals surface area contributed by atoms with Crippen molar-refractivity contribution in [1.82, 2.24) is 41.5 Å². The molecule has 3 amide bonds. The molecule has 4 N–H and O–H groups in total. The van der Waals surface area contributed by atoms with Crippen LogP contribution in [0.1, 0.15) is 81.9 Å². The number of tetrazole rings is 1. The number of rotatable bonds is 9. The molecule has 1 aliphatic heterocycles. The first-order valence-corrected chi connectivity index (χ1v) is 15.6. The van der Waals surface area contributed by atoms with Crippen LogP contribution in [0.2, 0.25) is 0 Å². The maximum absolute atomic E-state index is 13.5. The van der Waals surface area contributed by atoms with Crippen molar-refractivity contribution in [2.24, 2.45) is 11.8 Å². The van der Waals surface area contributed by atoms with Gasteiger partial charge in [-0.25, -0.2) is 5.10 Å². The smallest absolute Gasteiger partial charge is 0.251 e. The van der Waals surface area contributed by atoms with Crippen LogP contribution in [0.5, 0.6) is 0 Å². The van der Waals surface area contributed by atoms with Crippen molar-refractivity contribution in [1.29, 1.82) is 5.26 Å². The number of nitrogens with zero attached hydrogens (tertiary/aromatic N) is 5. The van der Waals surface area contributed by atoms with E-state index in [1.165, 1.54) is 0 Å². The molecule has 2 aromatic carbocycles. The van der Waals surface area contributed by atoms with Crippen LogP contribution in [0.3, 0.4) is 0 Å². The molecule has 0 radical (unpaired) electrons. The van der Waals surface area contributed by atoms with Gasteiger partial charge in [-0.15, -0.1) is 5.10 Å². The largest absolute Gasteiger partial charge is 0.355 e. The van der Waals surface area contributed by atoms with Gasteiger partial charge in [0.15, 0.2) is 5.82 Å². The molecule has 234 valence electrons. The molecule has 3 aromatic rings. The molecule has 12 nitrogen and oxygen atoms in total. The highest BCUT2D eigenvalue weighted by atomic mass is 16.2. The molecule has 1 saturated carbocycles. The first-order valence-electron chi connectivity index (χ1n) is 15.6. The third-order valence-corrected chi connectivity index (χ3v) is 9.91. The first kappa shape index (κ1) is 30.4. The number of carbonyl (C=O) groups is 3. The average Bonchev–Trinajstić information content (AvgIpc) is 3.43. The third kappa shape index (κ3) is 5.35. The minimum absolute atomic E-state index is 0.0558. The van der Waals surface area contributed by atoms with Crippen molar-refractivity contribution in [2.45, 2.75) is 69.5 Å². The Labute approximate surface area is 262 Å². The standard InChI is InChI=1S/C33H39N9O3/c1-18(2)27(37-17-29(43)42-24(16-34)13-23-14-28(23)42)15-33(32-38-40-41-39-32)25-9-7-21(30(44)35-3)11-19(25)5-6-20-12-22(31(45)36-4)8-10-26(20)33/h7-12,18,23-24,27-28,37H,5-6,13-15,17H2,1-4H3,(H,35,44)(H,36,45)(H,38,39,40,41)/t23-,24?,27-,28+/m1/s1. The van der Waals surface area contributed by atoms with E-state index < -0.39 is 5.41 Å². The summed E-state index contributed by atoms with van der Waals surface area (Å²) in [5.41, 5.74) is 4.10. The predicted molar refractivity (Wildman–Crippen MR) is 165 cm³/mol. The fraction of sp³-hybridized carbons (Fsp3) is 0.485. The molecule has 1 aromatic heterocycles.